The zero-order valence-corrected chi connectivity index (χ0v) is 23.0. The van der Waals surface area contributed by atoms with Gasteiger partial charge in [0.2, 0.25) is 5.91 Å². The molecule has 7 nitrogen and oxygen atoms in total. The summed E-state index contributed by atoms with van der Waals surface area (Å²) in [6.45, 7) is 0. The van der Waals surface area contributed by atoms with Crippen LogP contribution in [-0.4, -0.2) is 26.0 Å². The zero-order valence-electron chi connectivity index (χ0n) is 20.6. The average Bonchev–Trinajstić information content (AvgIpc) is 3.58. The topological polar surface area (TPSA) is 85.0 Å². The molecule has 6 aromatic rings. The van der Waals surface area contributed by atoms with Crippen molar-refractivity contribution in [1.82, 2.24) is 20.3 Å². The van der Waals surface area contributed by atoms with Gasteiger partial charge in [0, 0.05) is 27.7 Å². The van der Waals surface area contributed by atoms with Crippen molar-refractivity contribution in [2.45, 2.75) is 0 Å². The number of thiocarbonyl (C=S) groups is 1. The van der Waals surface area contributed by atoms with E-state index in [0.717, 1.165) is 22.0 Å². The number of nitrogens with one attached hydrogen (secondary N) is 2. The molecule has 10 heteroatoms. The van der Waals surface area contributed by atoms with Gasteiger partial charge >= 0.3 is 0 Å². The molecule has 2 heterocycles. The number of rotatable bonds is 5. The highest BCUT2D eigenvalue weighted by atomic mass is 35.5. The Morgan fingerprint density at radius 2 is 1.73 bits per heavy atom. The van der Waals surface area contributed by atoms with E-state index < -0.39 is 5.91 Å². The lowest BCUT2D eigenvalue weighted by atomic mass is 10.1. The summed E-state index contributed by atoms with van der Waals surface area (Å²) >= 11 is 17.5. The highest BCUT2D eigenvalue weighted by Crippen LogP contribution is 2.31. The van der Waals surface area contributed by atoms with Gasteiger partial charge in [-0.2, -0.15) is 0 Å². The molecule has 2 aromatic heterocycles. The predicted molar refractivity (Wildman–Crippen MR) is 164 cm³/mol. The number of benzene rings is 4. The van der Waals surface area contributed by atoms with Gasteiger partial charge < -0.3 is 9.73 Å². The second-order valence-corrected chi connectivity index (χ2v) is 10.0. The van der Waals surface area contributed by atoms with E-state index in [0.29, 0.717) is 38.3 Å². The first-order valence-corrected chi connectivity index (χ1v) is 13.3. The summed E-state index contributed by atoms with van der Waals surface area (Å²) in [4.78, 5) is 14.1. The Kier molecular flexibility index (Phi) is 7.04. The minimum absolute atomic E-state index is 0.142. The van der Waals surface area contributed by atoms with Crippen LogP contribution in [0.2, 0.25) is 10.0 Å². The molecule has 4 aromatic carbocycles. The van der Waals surface area contributed by atoms with E-state index in [2.05, 4.69) is 33.0 Å². The van der Waals surface area contributed by atoms with Crippen molar-refractivity contribution in [3.8, 4) is 17.0 Å². The Labute approximate surface area is 244 Å². The van der Waals surface area contributed by atoms with Crippen LogP contribution in [0.1, 0.15) is 5.76 Å². The number of carbonyl (C=O) groups is 1. The highest BCUT2D eigenvalue weighted by Gasteiger charge is 2.11. The number of aromatic nitrogens is 3. The van der Waals surface area contributed by atoms with E-state index in [1.54, 1.807) is 41.2 Å². The number of hydrogen-bond acceptors (Lipinski definition) is 5. The van der Waals surface area contributed by atoms with Crippen LogP contribution in [0.25, 0.3) is 44.9 Å². The molecule has 0 aliphatic heterocycles. The van der Waals surface area contributed by atoms with Crippen LogP contribution >= 0.6 is 35.4 Å². The van der Waals surface area contributed by atoms with Gasteiger partial charge in [-0.15, -0.1) is 15.0 Å². The third kappa shape index (κ3) is 5.46. The predicted octanol–water partition coefficient (Wildman–Crippen LogP) is 7.67. The summed E-state index contributed by atoms with van der Waals surface area (Å²) in [5, 5.41) is 18.2. The minimum atomic E-state index is -0.414. The van der Waals surface area contributed by atoms with Gasteiger partial charge in [-0.1, -0.05) is 59.6 Å². The van der Waals surface area contributed by atoms with Crippen molar-refractivity contribution in [2.75, 3.05) is 5.32 Å². The van der Waals surface area contributed by atoms with Gasteiger partial charge in [-0.3, -0.25) is 10.1 Å². The van der Waals surface area contributed by atoms with Crippen molar-refractivity contribution in [3.63, 3.8) is 0 Å². The van der Waals surface area contributed by atoms with Gasteiger partial charge in [0.1, 0.15) is 22.6 Å². The molecular weight excluding hydrogens is 565 g/mol. The molecule has 0 saturated heterocycles. The van der Waals surface area contributed by atoms with Gasteiger partial charge in [0.05, 0.1) is 10.7 Å². The van der Waals surface area contributed by atoms with Gasteiger partial charge in [0.15, 0.2) is 5.11 Å². The van der Waals surface area contributed by atoms with Crippen molar-refractivity contribution in [2.24, 2.45) is 0 Å². The second-order valence-electron chi connectivity index (χ2n) is 8.79. The number of amides is 1. The van der Waals surface area contributed by atoms with Crippen LogP contribution in [0.5, 0.6) is 0 Å². The number of anilines is 1. The highest BCUT2D eigenvalue weighted by molar-refractivity contribution is 7.80. The number of nitrogens with zero attached hydrogens (tertiary/aromatic N) is 3. The summed E-state index contributed by atoms with van der Waals surface area (Å²) in [5.74, 6) is 0.629. The summed E-state index contributed by atoms with van der Waals surface area (Å²) in [6, 6.07) is 28.2. The van der Waals surface area contributed by atoms with Crippen LogP contribution in [0, 0.1) is 0 Å². The monoisotopic (exact) mass is 583 g/mol. The molecule has 0 aliphatic carbocycles. The van der Waals surface area contributed by atoms with E-state index in [4.69, 9.17) is 39.8 Å². The molecule has 40 heavy (non-hydrogen) atoms. The summed E-state index contributed by atoms with van der Waals surface area (Å²) < 4.78 is 5.78. The third-order valence-electron chi connectivity index (χ3n) is 6.08. The van der Waals surface area contributed by atoms with Crippen LogP contribution in [0.15, 0.2) is 101 Å². The molecule has 0 unspecified atom stereocenters. The molecule has 0 saturated carbocycles. The van der Waals surface area contributed by atoms with Crippen LogP contribution in [-0.2, 0) is 4.79 Å². The van der Waals surface area contributed by atoms with Gasteiger partial charge in [0.25, 0.3) is 0 Å². The number of furan rings is 1. The largest absolute Gasteiger partial charge is 0.457 e. The molecule has 0 bridgehead atoms. The molecular formula is C30H19Cl2N5O2S. The third-order valence-corrected chi connectivity index (χ3v) is 6.83. The van der Waals surface area contributed by atoms with Crippen molar-refractivity contribution in [3.05, 3.63) is 113 Å². The van der Waals surface area contributed by atoms with Crippen LogP contribution in [0.3, 0.4) is 0 Å². The first-order chi connectivity index (χ1) is 19.4. The fourth-order valence-electron chi connectivity index (χ4n) is 4.23. The number of fused-ring (bicyclic) bond motifs is 2. The standard InChI is InChI=1S/C30H19Cl2N5O2S/c31-19-8-12-23(24(32)16-19)28-14-10-21(39-28)11-15-29(38)34-30(40)33-20-9-13-25-26(17-20)36-37(35-25)27-7-3-5-18-4-1-2-6-22(18)27/h1-17H,(H2,33,34,38,40)/b15-11+. The first-order valence-electron chi connectivity index (χ1n) is 12.1. The Bertz CT molecular complexity index is 1940. The van der Waals surface area contributed by atoms with Crippen molar-refractivity contribution >= 4 is 80.0 Å². The fraction of sp³-hybridized carbons (Fsp3) is 0. The van der Waals surface area contributed by atoms with Crippen molar-refractivity contribution < 1.29 is 9.21 Å². The molecule has 0 aliphatic rings. The SMILES string of the molecule is O=C(/C=C/c1ccc(-c2ccc(Cl)cc2Cl)o1)NC(=S)Nc1ccc2nn(-c3cccc4ccccc34)nc2c1. The normalized spacial score (nSPS) is 11.3. The summed E-state index contributed by atoms with van der Waals surface area (Å²) in [6.07, 6.45) is 2.88. The fourth-order valence-corrected chi connectivity index (χ4v) is 4.95. The zero-order chi connectivity index (χ0) is 27.6. The van der Waals surface area contributed by atoms with E-state index in [9.17, 15) is 4.79 Å². The van der Waals surface area contributed by atoms with Crippen molar-refractivity contribution in [1.29, 1.82) is 0 Å². The second kappa shape index (κ2) is 10.9. The molecule has 2 N–H and O–H groups in total. The lowest BCUT2D eigenvalue weighted by molar-refractivity contribution is -0.115. The van der Waals surface area contributed by atoms with E-state index in [-0.39, 0.29) is 5.11 Å². The number of carbonyl (C=O) groups excluding carboxylic acids is 1. The maximum atomic E-state index is 12.4. The molecule has 0 radical (unpaired) electrons. The first kappa shape index (κ1) is 25.8. The van der Waals surface area contributed by atoms with Gasteiger partial charge in [-0.25, -0.2) is 0 Å². The van der Waals surface area contributed by atoms with E-state index in [1.807, 2.05) is 48.5 Å². The molecule has 0 spiro atoms. The lowest BCUT2D eigenvalue weighted by Crippen LogP contribution is -2.32. The summed E-state index contributed by atoms with van der Waals surface area (Å²) in [7, 11) is 0. The number of halogens is 2. The van der Waals surface area contributed by atoms with E-state index >= 15 is 0 Å². The molecule has 196 valence electrons. The maximum absolute atomic E-state index is 12.4. The number of hydrogen-bond donors (Lipinski definition) is 2. The molecule has 6 rings (SSSR count). The molecule has 0 atom stereocenters. The van der Waals surface area contributed by atoms with Crippen LogP contribution < -0.4 is 10.6 Å². The van der Waals surface area contributed by atoms with Gasteiger partial charge in [-0.05, 0) is 78.3 Å². The van der Waals surface area contributed by atoms with E-state index in [1.165, 1.54) is 6.08 Å². The Morgan fingerprint density at radius 3 is 2.60 bits per heavy atom. The summed E-state index contributed by atoms with van der Waals surface area (Å²) in [5.41, 5.74) is 3.67. The Morgan fingerprint density at radius 1 is 0.900 bits per heavy atom. The Balaban J connectivity index is 1.11. The lowest BCUT2D eigenvalue weighted by Gasteiger charge is -2.07. The molecule has 0 fully saturated rings. The quantitative estimate of drug-likeness (QED) is 0.160. The molecule has 1 amide bonds. The maximum Gasteiger partial charge on any atom is 0.250 e. The Hall–Kier alpha value is -4.50. The minimum Gasteiger partial charge on any atom is -0.457 e. The average molecular weight is 584 g/mol. The van der Waals surface area contributed by atoms with Crippen LogP contribution in [0.4, 0.5) is 5.69 Å². The smallest absolute Gasteiger partial charge is 0.250 e.